The van der Waals surface area contributed by atoms with Crippen molar-refractivity contribution in [2.75, 3.05) is 44.2 Å². The van der Waals surface area contributed by atoms with Gasteiger partial charge in [0.1, 0.15) is 5.82 Å². The van der Waals surface area contributed by atoms with E-state index in [0.29, 0.717) is 23.8 Å². The first-order valence-corrected chi connectivity index (χ1v) is 10.5. The molecule has 1 aromatic rings. The van der Waals surface area contributed by atoms with Crippen LogP contribution in [0.4, 0.5) is 5.82 Å². The standard InChI is InChI=1S/C21H30N4O2/c26-19-16-25(14-13-24(19)15-17-7-2-3-8-17)20-18(9-6-10-22-20)21(27)23-11-4-1-5-12-23/h6,9-10,17H,1-5,7-8,11-16H2. The number of hydrogen-bond acceptors (Lipinski definition) is 4. The van der Waals surface area contributed by atoms with E-state index in [4.69, 9.17) is 0 Å². The number of aromatic nitrogens is 1. The summed E-state index contributed by atoms with van der Waals surface area (Å²) in [5.41, 5.74) is 0.636. The summed E-state index contributed by atoms with van der Waals surface area (Å²) in [6.45, 7) is 4.33. The summed E-state index contributed by atoms with van der Waals surface area (Å²) in [5, 5.41) is 0. The maximum absolute atomic E-state index is 13.0. The fourth-order valence-corrected chi connectivity index (χ4v) is 4.67. The molecule has 0 N–H and O–H groups in total. The molecule has 1 aliphatic carbocycles. The zero-order chi connectivity index (χ0) is 18.6. The number of hydrogen-bond donors (Lipinski definition) is 0. The highest BCUT2D eigenvalue weighted by molar-refractivity contribution is 5.99. The first kappa shape index (κ1) is 18.3. The molecule has 0 unspecified atom stereocenters. The van der Waals surface area contributed by atoms with Crippen LogP contribution >= 0.6 is 0 Å². The number of piperazine rings is 1. The van der Waals surface area contributed by atoms with E-state index in [2.05, 4.69) is 4.98 Å². The largest absolute Gasteiger partial charge is 0.345 e. The van der Waals surface area contributed by atoms with Gasteiger partial charge in [0.25, 0.3) is 5.91 Å². The topological polar surface area (TPSA) is 56.8 Å². The van der Waals surface area contributed by atoms with Crippen LogP contribution in [0.3, 0.4) is 0 Å². The zero-order valence-electron chi connectivity index (χ0n) is 16.1. The Balaban J connectivity index is 1.44. The smallest absolute Gasteiger partial charge is 0.257 e. The van der Waals surface area contributed by atoms with Crippen LogP contribution < -0.4 is 4.90 Å². The Bertz CT molecular complexity index is 681. The molecule has 0 bridgehead atoms. The second-order valence-electron chi connectivity index (χ2n) is 8.14. The van der Waals surface area contributed by atoms with E-state index in [1.54, 1.807) is 6.20 Å². The first-order chi connectivity index (χ1) is 13.2. The van der Waals surface area contributed by atoms with E-state index in [-0.39, 0.29) is 11.8 Å². The third-order valence-electron chi connectivity index (χ3n) is 6.23. The number of rotatable bonds is 4. The predicted octanol–water partition coefficient (Wildman–Crippen LogP) is 2.55. The fraction of sp³-hybridized carbons (Fsp3) is 0.667. The van der Waals surface area contributed by atoms with Gasteiger partial charge in [0, 0.05) is 38.9 Å². The zero-order valence-corrected chi connectivity index (χ0v) is 16.1. The fourth-order valence-electron chi connectivity index (χ4n) is 4.67. The Hall–Kier alpha value is -2.11. The summed E-state index contributed by atoms with van der Waals surface area (Å²) in [6.07, 6.45) is 10.2. The number of amides is 2. The van der Waals surface area contributed by atoms with Gasteiger partial charge in [-0.05, 0) is 50.2 Å². The van der Waals surface area contributed by atoms with Crippen LogP contribution in [-0.4, -0.2) is 65.9 Å². The monoisotopic (exact) mass is 370 g/mol. The summed E-state index contributed by atoms with van der Waals surface area (Å²) >= 11 is 0. The van der Waals surface area contributed by atoms with Crippen molar-refractivity contribution in [1.82, 2.24) is 14.8 Å². The average molecular weight is 370 g/mol. The Morgan fingerprint density at radius 2 is 1.81 bits per heavy atom. The molecule has 1 aromatic heterocycles. The second-order valence-corrected chi connectivity index (χ2v) is 8.14. The minimum absolute atomic E-state index is 0.0543. The van der Waals surface area contributed by atoms with Crippen molar-refractivity contribution < 1.29 is 9.59 Å². The molecule has 3 heterocycles. The van der Waals surface area contributed by atoms with E-state index < -0.39 is 0 Å². The molecular weight excluding hydrogens is 340 g/mol. The van der Waals surface area contributed by atoms with Gasteiger partial charge in [-0.15, -0.1) is 0 Å². The lowest BCUT2D eigenvalue weighted by Crippen LogP contribution is -2.52. The Morgan fingerprint density at radius 3 is 2.56 bits per heavy atom. The lowest BCUT2D eigenvalue weighted by atomic mass is 10.1. The first-order valence-electron chi connectivity index (χ1n) is 10.5. The number of anilines is 1. The highest BCUT2D eigenvalue weighted by atomic mass is 16.2. The summed E-state index contributed by atoms with van der Waals surface area (Å²) in [6, 6.07) is 3.67. The molecule has 3 aliphatic rings. The number of carbonyl (C=O) groups excluding carboxylic acids is 2. The molecule has 27 heavy (non-hydrogen) atoms. The second kappa shape index (κ2) is 8.28. The summed E-state index contributed by atoms with van der Waals surface area (Å²) < 4.78 is 0. The maximum atomic E-state index is 13.0. The molecule has 0 spiro atoms. The van der Waals surface area contributed by atoms with Gasteiger partial charge in [-0.2, -0.15) is 0 Å². The molecule has 2 saturated heterocycles. The molecule has 6 nitrogen and oxygen atoms in total. The van der Waals surface area contributed by atoms with Crippen molar-refractivity contribution in [3.8, 4) is 0 Å². The average Bonchev–Trinajstić information content (AvgIpc) is 3.23. The van der Waals surface area contributed by atoms with Gasteiger partial charge in [-0.1, -0.05) is 12.8 Å². The molecule has 6 heteroatoms. The quantitative estimate of drug-likeness (QED) is 0.817. The molecule has 4 rings (SSSR count). The SMILES string of the molecule is O=C1CN(c2ncccc2C(=O)N2CCCCC2)CCN1CC1CCCC1. The Labute approximate surface area is 161 Å². The third-order valence-corrected chi connectivity index (χ3v) is 6.23. The number of carbonyl (C=O) groups is 2. The van der Waals surface area contributed by atoms with E-state index in [9.17, 15) is 9.59 Å². The Morgan fingerprint density at radius 1 is 1.04 bits per heavy atom. The van der Waals surface area contributed by atoms with E-state index in [1.807, 2.05) is 26.8 Å². The lowest BCUT2D eigenvalue weighted by Gasteiger charge is -2.37. The number of piperidine rings is 1. The van der Waals surface area contributed by atoms with Gasteiger partial charge >= 0.3 is 0 Å². The molecule has 0 atom stereocenters. The summed E-state index contributed by atoms with van der Waals surface area (Å²) in [7, 11) is 0. The van der Waals surface area contributed by atoms with Crippen LogP contribution in [0.15, 0.2) is 18.3 Å². The van der Waals surface area contributed by atoms with Crippen molar-refractivity contribution >= 4 is 17.6 Å². The highest BCUT2D eigenvalue weighted by Crippen LogP contribution is 2.27. The normalized spacial score (nSPS) is 21.8. The minimum atomic E-state index is 0.0543. The van der Waals surface area contributed by atoms with Gasteiger partial charge in [-0.3, -0.25) is 9.59 Å². The van der Waals surface area contributed by atoms with Crippen LogP contribution in [0.25, 0.3) is 0 Å². The molecule has 0 radical (unpaired) electrons. The van der Waals surface area contributed by atoms with Gasteiger partial charge in [0.05, 0.1) is 12.1 Å². The van der Waals surface area contributed by atoms with Crippen molar-refractivity contribution in [2.45, 2.75) is 44.9 Å². The molecule has 146 valence electrons. The maximum Gasteiger partial charge on any atom is 0.257 e. The van der Waals surface area contributed by atoms with Crippen LogP contribution in [0.5, 0.6) is 0 Å². The van der Waals surface area contributed by atoms with Gasteiger partial charge in [0.15, 0.2) is 0 Å². The summed E-state index contributed by atoms with van der Waals surface area (Å²) in [4.78, 5) is 36.1. The van der Waals surface area contributed by atoms with Crippen molar-refractivity contribution in [3.05, 3.63) is 23.9 Å². The van der Waals surface area contributed by atoms with Crippen LogP contribution in [0.2, 0.25) is 0 Å². The van der Waals surface area contributed by atoms with E-state index in [1.165, 1.54) is 32.1 Å². The van der Waals surface area contributed by atoms with Crippen molar-refractivity contribution in [3.63, 3.8) is 0 Å². The van der Waals surface area contributed by atoms with Crippen LogP contribution in [0, 0.1) is 5.92 Å². The van der Waals surface area contributed by atoms with Crippen molar-refractivity contribution in [2.24, 2.45) is 5.92 Å². The predicted molar refractivity (Wildman–Crippen MR) is 105 cm³/mol. The number of nitrogens with zero attached hydrogens (tertiary/aromatic N) is 4. The Kier molecular flexibility index (Phi) is 5.60. The molecule has 2 amide bonds. The summed E-state index contributed by atoms with van der Waals surface area (Å²) in [5.74, 6) is 1.56. The minimum Gasteiger partial charge on any atom is -0.345 e. The van der Waals surface area contributed by atoms with Crippen LogP contribution in [0.1, 0.15) is 55.3 Å². The number of pyridine rings is 1. The van der Waals surface area contributed by atoms with Crippen LogP contribution in [-0.2, 0) is 4.79 Å². The molecular formula is C21H30N4O2. The van der Waals surface area contributed by atoms with E-state index >= 15 is 0 Å². The molecule has 0 aromatic carbocycles. The number of likely N-dealkylation sites (tertiary alicyclic amines) is 1. The molecule has 1 saturated carbocycles. The van der Waals surface area contributed by atoms with Gasteiger partial charge in [-0.25, -0.2) is 4.98 Å². The van der Waals surface area contributed by atoms with E-state index in [0.717, 1.165) is 45.6 Å². The molecule has 3 fully saturated rings. The van der Waals surface area contributed by atoms with Crippen molar-refractivity contribution in [1.29, 1.82) is 0 Å². The third kappa shape index (κ3) is 4.09. The highest BCUT2D eigenvalue weighted by Gasteiger charge is 2.30. The lowest BCUT2D eigenvalue weighted by molar-refractivity contribution is -0.131. The van der Waals surface area contributed by atoms with Gasteiger partial charge < -0.3 is 14.7 Å². The molecule has 2 aliphatic heterocycles. The van der Waals surface area contributed by atoms with Gasteiger partial charge in [0.2, 0.25) is 5.91 Å².